The summed E-state index contributed by atoms with van der Waals surface area (Å²) in [4.78, 5) is 0.957. The van der Waals surface area contributed by atoms with Crippen LogP contribution in [0.15, 0.2) is 18.2 Å². The first kappa shape index (κ1) is 20.1. The van der Waals surface area contributed by atoms with Crippen LogP contribution in [0.5, 0.6) is 0 Å². The zero-order valence-corrected chi connectivity index (χ0v) is 13.6. The monoisotopic (exact) mass is 374 g/mol. The van der Waals surface area contributed by atoms with Gasteiger partial charge in [0.1, 0.15) is 6.54 Å². The molecule has 0 saturated carbocycles. The van der Waals surface area contributed by atoms with E-state index in [4.69, 9.17) is 18.0 Å². The number of rotatable bonds is 2. The fourth-order valence-electron chi connectivity index (χ4n) is 2.63. The lowest BCUT2D eigenvalue weighted by Crippen LogP contribution is -2.45. The van der Waals surface area contributed by atoms with Crippen LogP contribution in [0.2, 0.25) is 0 Å². The second kappa shape index (κ2) is 7.72. The van der Waals surface area contributed by atoms with E-state index < -0.39 is 36.3 Å². The van der Waals surface area contributed by atoms with Crippen molar-refractivity contribution in [1.29, 1.82) is 0 Å². The molecule has 1 aliphatic heterocycles. The van der Waals surface area contributed by atoms with Crippen molar-refractivity contribution >= 4 is 29.6 Å². The topological polar surface area (TPSA) is 29.3 Å². The van der Waals surface area contributed by atoms with Crippen LogP contribution in [-0.2, 0) is 0 Å². The van der Waals surface area contributed by atoms with Gasteiger partial charge < -0.3 is 10.6 Å². The van der Waals surface area contributed by atoms with Gasteiger partial charge >= 0.3 is 6.18 Å². The normalized spacial score (nSPS) is 22.5. The Bertz CT molecular complexity index is 567. The van der Waals surface area contributed by atoms with E-state index in [1.807, 2.05) is 0 Å². The lowest BCUT2D eigenvalue weighted by atomic mass is 9.93. The minimum atomic E-state index is -4.45. The molecule has 0 bridgehead atoms. The first-order chi connectivity index (χ1) is 10.2. The molecule has 23 heavy (non-hydrogen) atoms. The molecule has 1 heterocycles. The zero-order valence-electron chi connectivity index (χ0n) is 11.9. The molecule has 1 aliphatic rings. The second-order valence-corrected chi connectivity index (χ2v) is 5.78. The van der Waals surface area contributed by atoms with Gasteiger partial charge in [-0.25, -0.2) is 8.78 Å². The van der Waals surface area contributed by atoms with Crippen LogP contribution < -0.4 is 5.73 Å². The number of hydrogen-bond donors (Lipinski definition) is 1. The molecule has 0 radical (unpaired) electrons. The number of hydrogen-bond acceptors (Lipinski definition) is 2. The summed E-state index contributed by atoms with van der Waals surface area (Å²) in [6, 6.07) is 3.00. The van der Waals surface area contributed by atoms with Crippen molar-refractivity contribution in [3.8, 4) is 0 Å². The molecule has 2 N–H and O–H groups in total. The molecule has 2 atom stereocenters. The molecule has 0 spiro atoms. The molecule has 1 saturated heterocycles. The van der Waals surface area contributed by atoms with Crippen molar-refractivity contribution < 1.29 is 22.0 Å². The maximum absolute atomic E-state index is 13.9. The second-order valence-electron chi connectivity index (χ2n) is 5.36. The minimum absolute atomic E-state index is 0. The summed E-state index contributed by atoms with van der Waals surface area (Å²) in [5, 5.41) is 0. The van der Waals surface area contributed by atoms with Crippen molar-refractivity contribution in [1.82, 2.24) is 4.90 Å². The van der Waals surface area contributed by atoms with E-state index >= 15 is 0 Å². The molecule has 9 heteroatoms. The number of halogens is 6. The lowest BCUT2D eigenvalue weighted by molar-refractivity contribution is -0.138. The Kier molecular flexibility index (Phi) is 6.73. The van der Waals surface area contributed by atoms with Crippen LogP contribution in [0.4, 0.5) is 22.0 Å². The largest absolute Gasteiger partial charge is 0.405 e. The molecule has 2 nitrogen and oxygen atoms in total. The molecule has 0 unspecified atom stereocenters. The van der Waals surface area contributed by atoms with Gasteiger partial charge in [-0.15, -0.1) is 12.4 Å². The van der Waals surface area contributed by atoms with Crippen LogP contribution in [0.25, 0.3) is 0 Å². The first-order valence-electron chi connectivity index (χ1n) is 6.74. The van der Waals surface area contributed by atoms with Gasteiger partial charge in [-0.05, 0) is 24.5 Å². The van der Waals surface area contributed by atoms with Crippen molar-refractivity contribution in [3.05, 3.63) is 35.4 Å². The van der Waals surface area contributed by atoms with Crippen LogP contribution in [0.3, 0.4) is 0 Å². The van der Waals surface area contributed by atoms with Gasteiger partial charge in [-0.1, -0.05) is 24.4 Å². The molecule has 1 aromatic carbocycles. The van der Waals surface area contributed by atoms with E-state index in [1.165, 1.54) is 12.1 Å². The first-order valence-corrected chi connectivity index (χ1v) is 7.15. The number of likely N-dealkylation sites (tertiary alicyclic amines) is 1. The third-order valence-corrected chi connectivity index (χ3v) is 4.25. The van der Waals surface area contributed by atoms with E-state index in [0.29, 0.717) is 12.8 Å². The molecular formula is C14H16ClF5N2S. The fourth-order valence-corrected chi connectivity index (χ4v) is 2.89. The molecule has 2 rings (SSSR count). The van der Waals surface area contributed by atoms with E-state index in [-0.39, 0.29) is 29.5 Å². The Morgan fingerprint density at radius 1 is 1.22 bits per heavy atom. The highest BCUT2D eigenvalue weighted by Gasteiger charge is 2.36. The Balaban J connectivity index is 0.00000264. The Morgan fingerprint density at radius 3 is 2.48 bits per heavy atom. The summed E-state index contributed by atoms with van der Waals surface area (Å²) in [7, 11) is 0. The maximum Gasteiger partial charge on any atom is 0.405 e. The van der Waals surface area contributed by atoms with Gasteiger partial charge in [0, 0.05) is 12.5 Å². The summed E-state index contributed by atoms with van der Waals surface area (Å²) in [5.74, 6) is -2.64. The van der Waals surface area contributed by atoms with Crippen LogP contribution in [0.1, 0.15) is 24.3 Å². The molecule has 0 amide bonds. The van der Waals surface area contributed by atoms with Crippen LogP contribution >= 0.6 is 24.6 Å². The SMILES string of the molecule is Cl.N[C@@H]1CC[C@@H](c2cccc(F)c2F)CN(CC(F)(F)F)C1=S. The predicted molar refractivity (Wildman–Crippen MR) is 83.8 cm³/mol. The number of thiocarbonyl (C=S) groups is 1. The summed E-state index contributed by atoms with van der Waals surface area (Å²) >= 11 is 5.00. The van der Waals surface area contributed by atoms with Crippen molar-refractivity contribution in [2.45, 2.75) is 31.0 Å². The van der Waals surface area contributed by atoms with Gasteiger partial charge in [0.25, 0.3) is 0 Å². The molecule has 130 valence electrons. The molecule has 0 aliphatic carbocycles. The van der Waals surface area contributed by atoms with Crippen LogP contribution in [-0.4, -0.2) is 35.2 Å². The predicted octanol–water partition coefficient (Wildman–Crippen LogP) is 3.78. The zero-order chi connectivity index (χ0) is 16.5. The summed E-state index contributed by atoms with van der Waals surface area (Å²) in [5.41, 5.74) is 5.84. The van der Waals surface area contributed by atoms with Crippen molar-refractivity contribution in [2.24, 2.45) is 5.73 Å². The smallest absolute Gasteiger partial charge is 0.355 e. The maximum atomic E-state index is 13.9. The van der Waals surface area contributed by atoms with E-state index in [1.54, 1.807) is 0 Å². The highest BCUT2D eigenvalue weighted by Crippen LogP contribution is 2.31. The quantitative estimate of drug-likeness (QED) is 0.631. The van der Waals surface area contributed by atoms with Crippen molar-refractivity contribution in [3.63, 3.8) is 0 Å². The Morgan fingerprint density at radius 2 is 1.87 bits per heavy atom. The molecule has 0 aromatic heterocycles. The van der Waals surface area contributed by atoms with Gasteiger partial charge in [-0.2, -0.15) is 13.2 Å². The fraction of sp³-hybridized carbons (Fsp3) is 0.500. The minimum Gasteiger partial charge on any atom is -0.355 e. The third-order valence-electron chi connectivity index (χ3n) is 3.69. The van der Waals surface area contributed by atoms with Crippen LogP contribution in [0, 0.1) is 11.6 Å². The summed E-state index contributed by atoms with van der Waals surface area (Å²) in [6.45, 7) is -1.38. The van der Waals surface area contributed by atoms with E-state index in [0.717, 1.165) is 11.0 Å². The highest BCUT2D eigenvalue weighted by molar-refractivity contribution is 7.80. The number of alkyl halides is 3. The third kappa shape index (κ3) is 4.99. The van der Waals surface area contributed by atoms with Crippen molar-refractivity contribution in [2.75, 3.05) is 13.1 Å². The van der Waals surface area contributed by atoms with Gasteiger partial charge in [-0.3, -0.25) is 0 Å². The van der Waals surface area contributed by atoms with E-state index in [9.17, 15) is 22.0 Å². The average Bonchev–Trinajstić information content (AvgIpc) is 2.54. The standard InChI is InChI=1S/C14H15F5N2S.ClH/c15-10-3-1-2-9(12(10)16)8-4-5-11(20)13(22)21(6-8)7-14(17,18)19;/h1-3,8,11H,4-7,20H2;1H/t8-,11-;/m1./s1. The highest BCUT2D eigenvalue weighted by atomic mass is 35.5. The average molecular weight is 375 g/mol. The molecule has 1 aromatic rings. The number of nitrogens with two attached hydrogens (primary N) is 1. The molecular weight excluding hydrogens is 359 g/mol. The number of nitrogens with zero attached hydrogens (tertiary/aromatic N) is 1. The Labute approximate surface area is 142 Å². The summed E-state index contributed by atoms with van der Waals surface area (Å²) < 4.78 is 65.2. The van der Waals surface area contributed by atoms with E-state index in [2.05, 4.69) is 0 Å². The van der Waals surface area contributed by atoms with Gasteiger partial charge in [0.05, 0.1) is 11.0 Å². The summed E-state index contributed by atoms with van der Waals surface area (Å²) in [6.07, 6.45) is -3.77. The molecule has 1 fully saturated rings. The lowest BCUT2D eigenvalue weighted by Gasteiger charge is -2.29. The van der Waals surface area contributed by atoms with Gasteiger partial charge in [0.15, 0.2) is 11.6 Å². The Hall–Kier alpha value is -0.990. The number of benzene rings is 1. The van der Waals surface area contributed by atoms with Gasteiger partial charge in [0.2, 0.25) is 0 Å².